The maximum Gasteiger partial charge on any atom is 0.355 e. The number of aliphatic hydroxyl groups excluding tert-OH is 1. The molecular formula is C14H20ClN3O5S. The van der Waals surface area contributed by atoms with Crippen molar-refractivity contribution in [2.75, 3.05) is 5.32 Å². The summed E-state index contributed by atoms with van der Waals surface area (Å²) in [6.07, 6.45) is 0.932. The van der Waals surface area contributed by atoms with Crippen molar-refractivity contribution in [1.29, 1.82) is 0 Å². The van der Waals surface area contributed by atoms with Gasteiger partial charge in [0.25, 0.3) is 5.91 Å². The Kier molecular flexibility index (Phi) is 7.59. The first kappa shape index (κ1) is 20.3. The molecule has 0 fully saturated rings. The number of aliphatic hydroxyl groups is 1. The SMILES string of the molecule is CCC[C@H](NC(=O)[C@@H](O)Cl)C(=O)Nc1nc(C(=O)O)c(C(C)C)s1. The average Bonchev–Trinajstić information content (AvgIpc) is 2.90. The van der Waals surface area contributed by atoms with Crippen molar-refractivity contribution in [3.05, 3.63) is 10.6 Å². The smallest absolute Gasteiger partial charge is 0.355 e. The van der Waals surface area contributed by atoms with Crippen molar-refractivity contribution < 1.29 is 24.6 Å². The number of hydrogen-bond acceptors (Lipinski definition) is 6. The summed E-state index contributed by atoms with van der Waals surface area (Å²) in [5, 5.41) is 23.2. The van der Waals surface area contributed by atoms with E-state index in [-0.39, 0.29) is 16.7 Å². The fourth-order valence-corrected chi connectivity index (χ4v) is 2.95. The summed E-state index contributed by atoms with van der Waals surface area (Å²) >= 11 is 6.34. The third-order valence-electron chi connectivity index (χ3n) is 3.04. The molecule has 0 aromatic carbocycles. The fourth-order valence-electron chi connectivity index (χ4n) is 1.92. The van der Waals surface area contributed by atoms with Crippen molar-refractivity contribution in [2.45, 2.75) is 51.1 Å². The molecule has 4 N–H and O–H groups in total. The Bertz CT molecular complexity index is 618. The van der Waals surface area contributed by atoms with Gasteiger partial charge in [0.15, 0.2) is 10.8 Å². The molecule has 10 heteroatoms. The number of rotatable bonds is 8. The molecule has 2 amide bonds. The third kappa shape index (κ3) is 5.43. The van der Waals surface area contributed by atoms with Gasteiger partial charge < -0.3 is 20.8 Å². The average molecular weight is 378 g/mol. The minimum Gasteiger partial charge on any atom is -0.476 e. The molecule has 0 aliphatic carbocycles. The quantitative estimate of drug-likeness (QED) is 0.511. The van der Waals surface area contributed by atoms with Crippen LogP contribution in [-0.4, -0.2) is 44.6 Å². The topological polar surface area (TPSA) is 129 Å². The molecule has 0 aliphatic heterocycles. The molecule has 1 heterocycles. The van der Waals surface area contributed by atoms with Crippen LogP contribution >= 0.6 is 22.9 Å². The van der Waals surface area contributed by atoms with Gasteiger partial charge in [-0.05, 0) is 12.3 Å². The number of carbonyl (C=O) groups excluding carboxylic acids is 2. The standard InChI is InChI=1S/C14H20ClN3O5S/c1-4-5-7(16-12(21)10(15)19)11(20)18-14-17-8(13(22)23)9(24-14)6(2)3/h6-7,10,19H,4-5H2,1-3H3,(H,16,21)(H,22,23)(H,17,18,20)/t7-,10+/m0/s1. The Hall–Kier alpha value is -1.71. The lowest BCUT2D eigenvalue weighted by Crippen LogP contribution is -2.46. The van der Waals surface area contributed by atoms with E-state index in [0.29, 0.717) is 17.7 Å². The summed E-state index contributed by atoms with van der Waals surface area (Å²) in [4.78, 5) is 39.4. The van der Waals surface area contributed by atoms with Crippen LogP contribution in [0.25, 0.3) is 0 Å². The van der Waals surface area contributed by atoms with E-state index in [2.05, 4.69) is 15.6 Å². The minimum atomic E-state index is -1.75. The molecule has 2 atom stereocenters. The second-order valence-corrected chi connectivity index (χ2v) is 6.81. The lowest BCUT2D eigenvalue weighted by Gasteiger charge is -2.17. The maximum atomic E-state index is 12.3. The van der Waals surface area contributed by atoms with E-state index >= 15 is 0 Å². The highest BCUT2D eigenvalue weighted by Gasteiger charge is 2.25. The number of nitrogens with zero attached hydrogens (tertiary/aromatic N) is 1. The first-order valence-electron chi connectivity index (χ1n) is 7.34. The lowest BCUT2D eigenvalue weighted by molar-refractivity contribution is -0.129. The molecule has 8 nitrogen and oxygen atoms in total. The van der Waals surface area contributed by atoms with Gasteiger partial charge in [0.2, 0.25) is 11.5 Å². The van der Waals surface area contributed by atoms with Gasteiger partial charge in [0, 0.05) is 4.88 Å². The Balaban J connectivity index is 2.92. The van der Waals surface area contributed by atoms with E-state index in [1.165, 1.54) is 0 Å². The number of anilines is 1. The van der Waals surface area contributed by atoms with Gasteiger partial charge in [-0.3, -0.25) is 9.59 Å². The highest BCUT2D eigenvalue weighted by molar-refractivity contribution is 7.16. The summed E-state index contributed by atoms with van der Waals surface area (Å²) in [6.45, 7) is 5.48. The summed E-state index contributed by atoms with van der Waals surface area (Å²) < 4.78 is 0. The number of nitrogens with one attached hydrogen (secondary N) is 2. The Labute approximate surface area is 148 Å². The molecule has 0 saturated carbocycles. The molecule has 0 radical (unpaired) electrons. The van der Waals surface area contributed by atoms with Crippen LogP contribution in [0.1, 0.15) is 54.9 Å². The highest BCUT2D eigenvalue weighted by Crippen LogP contribution is 2.30. The highest BCUT2D eigenvalue weighted by atomic mass is 35.5. The molecule has 1 aromatic heterocycles. The molecule has 0 unspecified atom stereocenters. The van der Waals surface area contributed by atoms with Gasteiger partial charge in [-0.1, -0.05) is 38.8 Å². The number of carbonyl (C=O) groups is 3. The number of halogens is 1. The second-order valence-electron chi connectivity index (χ2n) is 5.37. The molecule has 1 aromatic rings. The largest absolute Gasteiger partial charge is 0.476 e. The lowest BCUT2D eigenvalue weighted by atomic mass is 10.1. The van der Waals surface area contributed by atoms with Crippen molar-refractivity contribution in [1.82, 2.24) is 10.3 Å². The molecule has 0 saturated heterocycles. The molecular weight excluding hydrogens is 358 g/mol. The zero-order chi connectivity index (χ0) is 18.4. The van der Waals surface area contributed by atoms with Crippen LogP contribution in [0.3, 0.4) is 0 Å². The van der Waals surface area contributed by atoms with Crippen molar-refractivity contribution in [3.8, 4) is 0 Å². The molecule has 0 bridgehead atoms. The molecule has 134 valence electrons. The maximum absolute atomic E-state index is 12.3. The van der Waals surface area contributed by atoms with Crippen LogP contribution < -0.4 is 10.6 Å². The number of aromatic carboxylic acids is 1. The van der Waals surface area contributed by atoms with Crippen molar-refractivity contribution in [3.63, 3.8) is 0 Å². The van der Waals surface area contributed by atoms with Gasteiger partial charge in [0.05, 0.1) is 0 Å². The van der Waals surface area contributed by atoms with Gasteiger partial charge in [-0.25, -0.2) is 9.78 Å². The van der Waals surface area contributed by atoms with E-state index in [9.17, 15) is 14.4 Å². The number of carboxylic acid groups (broad SMARTS) is 1. The number of hydrogen-bond donors (Lipinski definition) is 4. The van der Waals surface area contributed by atoms with Crippen molar-refractivity contribution in [2.24, 2.45) is 0 Å². The van der Waals surface area contributed by atoms with Crippen LogP contribution in [0.2, 0.25) is 0 Å². The number of aromatic nitrogens is 1. The molecule has 24 heavy (non-hydrogen) atoms. The van der Waals surface area contributed by atoms with E-state index < -0.39 is 29.4 Å². The second kappa shape index (κ2) is 8.95. The minimum absolute atomic E-state index is 0.0585. The van der Waals surface area contributed by atoms with Gasteiger partial charge in [-0.2, -0.15) is 0 Å². The summed E-state index contributed by atoms with van der Waals surface area (Å²) in [7, 11) is 0. The molecule has 1 rings (SSSR count). The van der Waals surface area contributed by atoms with Crippen LogP contribution in [0.15, 0.2) is 0 Å². The van der Waals surface area contributed by atoms with E-state index in [1.807, 2.05) is 20.8 Å². The van der Waals surface area contributed by atoms with E-state index in [0.717, 1.165) is 11.3 Å². The molecule has 0 spiro atoms. The van der Waals surface area contributed by atoms with Crippen LogP contribution in [0, 0.1) is 0 Å². The summed E-state index contributed by atoms with van der Waals surface area (Å²) in [5.41, 5.74) is -1.85. The van der Waals surface area contributed by atoms with Crippen LogP contribution in [0.5, 0.6) is 0 Å². The fraction of sp³-hybridized carbons (Fsp3) is 0.571. The zero-order valence-electron chi connectivity index (χ0n) is 13.5. The monoisotopic (exact) mass is 377 g/mol. The van der Waals surface area contributed by atoms with E-state index in [4.69, 9.17) is 21.8 Å². The Morgan fingerprint density at radius 3 is 2.33 bits per heavy atom. The van der Waals surface area contributed by atoms with Gasteiger partial charge in [0.1, 0.15) is 6.04 Å². The van der Waals surface area contributed by atoms with Gasteiger partial charge in [-0.15, -0.1) is 11.3 Å². The summed E-state index contributed by atoms with van der Waals surface area (Å²) in [5.74, 6) is -2.65. The Morgan fingerprint density at radius 1 is 1.29 bits per heavy atom. The number of amides is 2. The predicted octanol–water partition coefficient (Wildman–Crippen LogP) is 1.75. The predicted molar refractivity (Wildman–Crippen MR) is 90.5 cm³/mol. The Morgan fingerprint density at radius 2 is 1.92 bits per heavy atom. The summed E-state index contributed by atoms with van der Waals surface area (Å²) in [6, 6.07) is -0.907. The normalized spacial score (nSPS) is 13.4. The van der Waals surface area contributed by atoms with Crippen LogP contribution in [-0.2, 0) is 9.59 Å². The van der Waals surface area contributed by atoms with Crippen LogP contribution in [0.4, 0.5) is 5.13 Å². The first-order valence-corrected chi connectivity index (χ1v) is 8.60. The number of thiazole rings is 1. The van der Waals surface area contributed by atoms with E-state index in [1.54, 1.807) is 0 Å². The van der Waals surface area contributed by atoms with Crippen molar-refractivity contribution >= 4 is 45.9 Å². The third-order valence-corrected chi connectivity index (χ3v) is 4.51. The molecule has 0 aliphatic rings. The first-order chi connectivity index (χ1) is 11.2. The number of alkyl halides is 1. The zero-order valence-corrected chi connectivity index (χ0v) is 15.1. The van der Waals surface area contributed by atoms with Gasteiger partial charge >= 0.3 is 5.97 Å². The number of carboxylic acids is 1.